The molecular weight excluding hydrogens is 258 g/mol. The van der Waals surface area contributed by atoms with E-state index in [4.69, 9.17) is 16.0 Å². The topological polar surface area (TPSA) is 25.2 Å². The summed E-state index contributed by atoms with van der Waals surface area (Å²) in [5.74, 6) is 0. The molecular formula is C16H20ClNO. The van der Waals surface area contributed by atoms with Gasteiger partial charge in [0.25, 0.3) is 0 Å². The lowest BCUT2D eigenvalue weighted by atomic mass is 9.94. The van der Waals surface area contributed by atoms with E-state index >= 15 is 0 Å². The first-order valence-electron chi connectivity index (χ1n) is 6.67. The van der Waals surface area contributed by atoms with Crippen molar-refractivity contribution in [3.63, 3.8) is 0 Å². The molecule has 0 radical (unpaired) electrons. The van der Waals surface area contributed by atoms with Gasteiger partial charge in [0.1, 0.15) is 0 Å². The lowest BCUT2D eigenvalue weighted by molar-refractivity contribution is 0.549. The normalized spacial score (nSPS) is 12.6. The van der Waals surface area contributed by atoms with Crippen LogP contribution in [0.2, 0.25) is 5.22 Å². The zero-order valence-electron chi connectivity index (χ0n) is 11.7. The summed E-state index contributed by atoms with van der Waals surface area (Å²) in [6, 6.07) is 8.40. The number of aryl methyl sites for hydroxylation is 1. The SMILES string of the molecule is CCCNC(c1ccoc1Cl)c1cccc(C)c1C. The molecule has 1 heterocycles. The van der Waals surface area contributed by atoms with Gasteiger partial charge in [-0.15, -0.1) is 0 Å². The summed E-state index contributed by atoms with van der Waals surface area (Å²) in [6.07, 6.45) is 2.72. The highest BCUT2D eigenvalue weighted by atomic mass is 35.5. The minimum atomic E-state index is 0.0890. The van der Waals surface area contributed by atoms with E-state index in [2.05, 4.69) is 44.3 Å². The number of nitrogens with one attached hydrogen (secondary N) is 1. The molecule has 0 amide bonds. The molecule has 2 nitrogen and oxygen atoms in total. The Morgan fingerprint density at radius 2 is 2.00 bits per heavy atom. The van der Waals surface area contributed by atoms with Crippen molar-refractivity contribution in [1.29, 1.82) is 0 Å². The quantitative estimate of drug-likeness (QED) is 0.861. The zero-order chi connectivity index (χ0) is 13.8. The van der Waals surface area contributed by atoms with Crippen molar-refractivity contribution >= 4 is 11.6 Å². The summed E-state index contributed by atoms with van der Waals surface area (Å²) in [5.41, 5.74) is 4.86. The van der Waals surface area contributed by atoms with Gasteiger partial charge < -0.3 is 9.73 Å². The number of hydrogen-bond acceptors (Lipinski definition) is 2. The van der Waals surface area contributed by atoms with Gasteiger partial charge in [-0.05, 0) is 61.2 Å². The van der Waals surface area contributed by atoms with Crippen LogP contribution in [0.1, 0.15) is 41.6 Å². The maximum Gasteiger partial charge on any atom is 0.198 e. The fourth-order valence-electron chi connectivity index (χ4n) is 2.27. The van der Waals surface area contributed by atoms with Gasteiger partial charge >= 0.3 is 0 Å². The number of rotatable bonds is 5. The van der Waals surface area contributed by atoms with E-state index in [0.29, 0.717) is 5.22 Å². The third-order valence-corrected chi connectivity index (χ3v) is 3.82. The second-order valence-electron chi connectivity index (χ2n) is 4.83. The molecule has 1 atom stereocenters. The molecule has 0 saturated carbocycles. The number of halogens is 1. The standard InChI is InChI=1S/C16H20ClNO/c1-4-9-18-15(14-8-10-19-16(14)17)13-7-5-6-11(2)12(13)3/h5-8,10,15,18H,4,9H2,1-3H3. The van der Waals surface area contributed by atoms with Gasteiger partial charge in [0, 0.05) is 5.56 Å². The predicted octanol–water partition coefficient (Wildman–Crippen LogP) is 4.64. The Hall–Kier alpha value is -1.25. The average molecular weight is 278 g/mol. The largest absolute Gasteiger partial charge is 0.453 e. The van der Waals surface area contributed by atoms with Crippen LogP contribution in [-0.4, -0.2) is 6.54 Å². The van der Waals surface area contributed by atoms with E-state index in [-0.39, 0.29) is 6.04 Å². The van der Waals surface area contributed by atoms with E-state index in [1.165, 1.54) is 16.7 Å². The van der Waals surface area contributed by atoms with Gasteiger partial charge in [-0.1, -0.05) is 25.1 Å². The second-order valence-corrected chi connectivity index (χ2v) is 5.17. The molecule has 1 aromatic heterocycles. The molecule has 1 aromatic carbocycles. The maximum absolute atomic E-state index is 6.15. The van der Waals surface area contributed by atoms with Crippen LogP contribution in [0.25, 0.3) is 0 Å². The molecule has 0 aliphatic carbocycles. The van der Waals surface area contributed by atoms with Crippen molar-refractivity contribution in [3.05, 3.63) is 58.0 Å². The van der Waals surface area contributed by atoms with Gasteiger partial charge in [0.05, 0.1) is 12.3 Å². The van der Waals surface area contributed by atoms with Crippen LogP contribution in [0, 0.1) is 13.8 Å². The average Bonchev–Trinajstić information content (AvgIpc) is 2.81. The molecule has 1 N–H and O–H groups in total. The summed E-state index contributed by atoms with van der Waals surface area (Å²) in [5, 5.41) is 4.02. The lowest BCUT2D eigenvalue weighted by Gasteiger charge is -2.21. The first kappa shape index (κ1) is 14.2. The van der Waals surface area contributed by atoms with Crippen LogP contribution in [0.5, 0.6) is 0 Å². The highest BCUT2D eigenvalue weighted by molar-refractivity contribution is 6.29. The molecule has 0 aliphatic heterocycles. The van der Waals surface area contributed by atoms with Crippen LogP contribution in [0.3, 0.4) is 0 Å². The van der Waals surface area contributed by atoms with Crippen LogP contribution in [0.4, 0.5) is 0 Å². The van der Waals surface area contributed by atoms with Crippen LogP contribution >= 0.6 is 11.6 Å². The molecule has 0 fully saturated rings. The van der Waals surface area contributed by atoms with Crippen molar-refractivity contribution in [2.45, 2.75) is 33.2 Å². The van der Waals surface area contributed by atoms with Crippen LogP contribution in [0.15, 0.2) is 34.9 Å². The van der Waals surface area contributed by atoms with Crippen molar-refractivity contribution in [1.82, 2.24) is 5.32 Å². The fraction of sp³-hybridized carbons (Fsp3) is 0.375. The Balaban J connectivity index is 2.43. The molecule has 1 unspecified atom stereocenters. The van der Waals surface area contributed by atoms with E-state index in [1.807, 2.05) is 6.07 Å². The van der Waals surface area contributed by atoms with E-state index in [0.717, 1.165) is 18.5 Å². The van der Waals surface area contributed by atoms with Crippen molar-refractivity contribution < 1.29 is 4.42 Å². The third kappa shape index (κ3) is 3.02. The minimum absolute atomic E-state index is 0.0890. The molecule has 102 valence electrons. The van der Waals surface area contributed by atoms with Gasteiger partial charge in [0.15, 0.2) is 5.22 Å². The van der Waals surface area contributed by atoms with Gasteiger partial charge in [-0.3, -0.25) is 0 Å². The molecule has 2 rings (SSSR count). The van der Waals surface area contributed by atoms with E-state index < -0.39 is 0 Å². The summed E-state index contributed by atoms with van der Waals surface area (Å²) in [6.45, 7) is 7.38. The minimum Gasteiger partial charge on any atom is -0.453 e. The van der Waals surface area contributed by atoms with Gasteiger partial charge in [-0.2, -0.15) is 0 Å². The second kappa shape index (κ2) is 6.27. The Morgan fingerprint density at radius 1 is 1.21 bits per heavy atom. The Kier molecular flexibility index (Phi) is 4.67. The van der Waals surface area contributed by atoms with Crippen molar-refractivity contribution in [2.24, 2.45) is 0 Å². The summed E-state index contributed by atoms with van der Waals surface area (Å²) < 4.78 is 5.24. The van der Waals surface area contributed by atoms with Gasteiger partial charge in [-0.25, -0.2) is 0 Å². The molecule has 3 heteroatoms. The smallest absolute Gasteiger partial charge is 0.198 e. The van der Waals surface area contributed by atoms with Crippen molar-refractivity contribution in [2.75, 3.05) is 6.54 Å². The Labute approximate surface area is 119 Å². The molecule has 2 aromatic rings. The Bertz CT molecular complexity index is 547. The number of hydrogen-bond donors (Lipinski definition) is 1. The molecule has 0 bridgehead atoms. The fourth-order valence-corrected chi connectivity index (χ4v) is 2.50. The van der Waals surface area contributed by atoms with Crippen LogP contribution < -0.4 is 5.32 Å². The highest BCUT2D eigenvalue weighted by Crippen LogP contribution is 2.31. The predicted molar refractivity (Wildman–Crippen MR) is 79.8 cm³/mol. The molecule has 0 aliphatic rings. The lowest BCUT2D eigenvalue weighted by Crippen LogP contribution is -2.24. The number of benzene rings is 1. The van der Waals surface area contributed by atoms with Crippen LogP contribution in [-0.2, 0) is 0 Å². The maximum atomic E-state index is 6.15. The summed E-state index contributed by atoms with van der Waals surface area (Å²) in [7, 11) is 0. The number of furan rings is 1. The monoisotopic (exact) mass is 277 g/mol. The third-order valence-electron chi connectivity index (χ3n) is 3.51. The zero-order valence-corrected chi connectivity index (χ0v) is 12.4. The highest BCUT2D eigenvalue weighted by Gasteiger charge is 2.20. The first-order valence-corrected chi connectivity index (χ1v) is 7.05. The molecule has 0 spiro atoms. The van der Waals surface area contributed by atoms with Gasteiger partial charge in [0.2, 0.25) is 0 Å². The molecule has 19 heavy (non-hydrogen) atoms. The van der Waals surface area contributed by atoms with E-state index in [9.17, 15) is 0 Å². The van der Waals surface area contributed by atoms with Crippen molar-refractivity contribution in [3.8, 4) is 0 Å². The Morgan fingerprint density at radius 3 is 2.63 bits per heavy atom. The first-order chi connectivity index (χ1) is 9.15. The molecule has 0 saturated heterocycles. The summed E-state index contributed by atoms with van der Waals surface area (Å²) >= 11 is 6.15. The van der Waals surface area contributed by atoms with E-state index in [1.54, 1.807) is 6.26 Å². The summed E-state index contributed by atoms with van der Waals surface area (Å²) in [4.78, 5) is 0.